The van der Waals surface area contributed by atoms with Gasteiger partial charge in [-0.3, -0.25) is 4.99 Å². The Morgan fingerprint density at radius 2 is 2.21 bits per heavy atom. The van der Waals surface area contributed by atoms with Crippen LogP contribution < -0.4 is 5.73 Å². The first-order valence-corrected chi connectivity index (χ1v) is 6.18. The number of morpholine rings is 1. The second-order valence-corrected chi connectivity index (χ2v) is 4.62. The zero-order valence-corrected chi connectivity index (χ0v) is 9.72. The number of guanidine groups is 1. The van der Waals surface area contributed by atoms with Gasteiger partial charge in [0.25, 0.3) is 0 Å². The number of aliphatic imine (C=N–C) groups is 1. The minimum Gasteiger partial charge on any atom is -0.378 e. The van der Waals surface area contributed by atoms with Crippen LogP contribution in [0, 0.1) is 0 Å². The third kappa shape index (κ3) is 3.75. The molecule has 1 rings (SSSR count). The van der Waals surface area contributed by atoms with Gasteiger partial charge in [0.2, 0.25) is 0 Å². The summed E-state index contributed by atoms with van der Waals surface area (Å²) in [5, 5.41) is 0.537. The van der Waals surface area contributed by atoms with Crippen molar-refractivity contribution in [1.82, 2.24) is 4.90 Å². The molecule has 1 fully saturated rings. The molecule has 0 aromatic heterocycles. The smallest absolute Gasteiger partial charge is 0.191 e. The molecule has 0 saturated carbocycles. The predicted molar refractivity (Wildman–Crippen MR) is 61.9 cm³/mol. The van der Waals surface area contributed by atoms with Crippen molar-refractivity contribution in [2.75, 3.05) is 39.1 Å². The lowest BCUT2D eigenvalue weighted by Crippen LogP contribution is -2.45. The van der Waals surface area contributed by atoms with E-state index in [1.54, 1.807) is 0 Å². The van der Waals surface area contributed by atoms with Crippen LogP contribution in [0.3, 0.4) is 0 Å². The maximum absolute atomic E-state index is 5.86. The molecule has 1 saturated heterocycles. The second kappa shape index (κ2) is 6.14. The molecule has 0 amide bonds. The van der Waals surface area contributed by atoms with Crippen molar-refractivity contribution in [3.05, 3.63) is 0 Å². The maximum atomic E-state index is 5.86. The highest BCUT2D eigenvalue weighted by atomic mass is 32.2. The van der Waals surface area contributed by atoms with Gasteiger partial charge in [0.15, 0.2) is 5.96 Å². The fraction of sp³-hybridized carbons (Fsp3) is 0.889. The Kier molecular flexibility index (Phi) is 5.11. The normalized spacial score (nSPS) is 21.0. The van der Waals surface area contributed by atoms with Gasteiger partial charge in [0.05, 0.1) is 19.8 Å². The lowest BCUT2D eigenvalue weighted by Gasteiger charge is -2.27. The van der Waals surface area contributed by atoms with Crippen LogP contribution in [0.2, 0.25) is 0 Å². The Balaban J connectivity index is 2.34. The van der Waals surface area contributed by atoms with Crippen LogP contribution >= 0.6 is 11.8 Å². The van der Waals surface area contributed by atoms with Gasteiger partial charge in [-0.25, -0.2) is 0 Å². The van der Waals surface area contributed by atoms with E-state index in [-0.39, 0.29) is 0 Å². The van der Waals surface area contributed by atoms with E-state index < -0.39 is 0 Å². The van der Waals surface area contributed by atoms with Crippen LogP contribution in [-0.4, -0.2) is 55.2 Å². The first-order chi connectivity index (χ1) is 6.74. The van der Waals surface area contributed by atoms with Crippen molar-refractivity contribution in [3.63, 3.8) is 0 Å². The van der Waals surface area contributed by atoms with Gasteiger partial charge < -0.3 is 15.4 Å². The van der Waals surface area contributed by atoms with Crippen molar-refractivity contribution in [2.45, 2.75) is 12.2 Å². The van der Waals surface area contributed by atoms with Crippen LogP contribution in [0.1, 0.15) is 6.92 Å². The molecule has 0 aromatic carbocycles. The number of ether oxygens (including phenoxy) is 1. The molecule has 1 heterocycles. The van der Waals surface area contributed by atoms with E-state index in [2.05, 4.69) is 23.1 Å². The Labute approximate surface area is 89.9 Å². The van der Waals surface area contributed by atoms with Crippen LogP contribution in [0.4, 0.5) is 0 Å². The molecule has 1 unspecified atom stereocenters. The molecule has 1 aliphatic heterocycles. The van der Waals surface area contributed by atoms with Crippen molar-refractivity contribution in [3.8, 4) is 0 Å². The molecule has 4 nitrogen and oxygen atoms in total. The topological polar surface area (TPSA) is 50.8 Å². The van der Waals surface area contributed by atoms with Gasteiger partial charge in [0, 0.05) is 18.3 Å². The number of hydrogen-bond donors (Lipinski definition) is 1. The largest absolute Gasteiger partial charge is 0.378 e. The monoisotopic (exact) mass is 217 g/mol. The molecule has 0 aromatic rings. The summed E-state index contributed by atoms with van der Waals surface area (Å²) in [4.78, 5) is 6.44. The standard InChI is InChI=1S/C9H19N3OS/c1-8(14-2)7-11-9(10)12-3-5-13-6-4-12/h8H,3-7H2,1-2H3,(H2,10,11). The Hall–Kier alpha value is -0.420. The molecule has 0 spiro atoms. The van der Waals surface area contributed by atoms with Crippen molar-refractivity contribution < 1.29 is 4.74 Å². The van der Waals surface area contributed by atoms with Crippen molar-refractivity contribution in [2.24, 2.45) is 10.7 Å². The molecular weight excluding hydrogens is 198 g/mol. The molecular formula is C9H19N3OS. The van der Waals surface area contributed by atoms with E-state index in [4.69, 9.17) is 10.5 Å². The number of rotatable bonds is 3. The quantitative estimate of drug-likeness (QED) is 0.549. The minimum absolute atomic E-state index is 0.537. The van der Waals surface area contributed by atoms with Gasteiger partial charge >= 0.3 is 0 Å². The van der Waals surface area contributed by atoms with Crippen molar-refractivity contribution >= 4 is 17.7 Å². The summed E-state index contributed by atoms with van der Waals surface area (Å²) in [5.74, 6) is 0.661. The van der Waals surface area contributed by atoms with E-state index in [0.29, 0.717) is 11.2 Å². The van der Waals surface area contributed by atoms with Crippen LogP contribution in [0.15, 0.2) is 4.99 Å². The summed E-state index contributed by atoms with van der Waals surface area (Å²) in [6, 6.07) is 0. The van der Waals surface area contributed by atoms with E-state index in [0.717, 1.165) is 32.8 Å². The number of thioether (sulfide) groups is 1. The van der Waals surface area contributed by atoms with Gasteiger partial charge in [-0.15, -0.1) is 0 Å². The summed E-state index contributed by atoms with van der Waals surface area (Å²) in [5.41, 5.74) is 5.86. The molecule has 82 valence electrons. The lowest BCUT2D eigenvalue weighted by molar-refractivity contribution is 0.0674. The van der Waals surface area contributed by atoms with Gasteiger partial charge in [-0.2, -0.15) is 11.8 Å². The van der Waals surface area contributed by atoms with Crippen LogP contribution in [0.25, 0.3) is 0 Å². The van der Waals surface area contributed by atoms with Gasteiger partial charge in [-0.1, -0.05) is 6.92 Å². The fourth-order valence-corrected chi connectivity index (χ4v) is 1.41. The molecule has 0 bridgehead atoms. The van der Waals surface area contributed by atoms with E-state index in [1.807, 2.05) is 11.8 Å². The average molecular weight is 217 g/mol. The van der Waals surface area contributed by atoms with Crippen molar-refractivity contribution in [1.29, 1.82) is 0 Å². The molecule has 14 heavy (non-hydrogen) atoms. The molecule has 0 radical (unpaired) electrons. The highest BCUT2D eigenvalue weighted by Gasteiger charge is 2.12. The number of nitrogens with two attached hydrogens (primary N) is 1. The Morgan fingerprint density at radius 1 is 1.57 bits per heavy atom. The lowest BCUT2D eigenvalue weighted by atomic mass is 10.4. The van der Waals surface area contributed by atoms with Crippen LogP contribution in [0.5, 0.6) is 0 Å². The molecule has 1 aliphatic rings. The minimum atomic E-state index is 0.537. The molecule has 0 aliphatic carbocycles. The third-order valence-corrected chi connectivity index (χ3v) is 3.20. The first-order valence-electron chi connectivity index (χ1n) is 4.89. The van der Waals surface area contributed by atoms with E-state index >= 15 is 0 Å². The van der Waals surface area contributed by atoms with E-state index in [1.165, 1.54) is 0 Å². The SMILES string of the molecule is CSC(C)CN=C(N)N1CCOCC1. The fourth-order valence-electron chi connectivity index (χ4n) is 1.19. The summed E-state index contributed by atoms with van der Waals surface area (Å²) in [7, 11) is 0. The number of nitrogens with zero attached hydrogens (tertiary/aromatic N) is 2. The average Bonchev–Trinajstić information content (AvgIpc) is 2.26. The number of hydrogen-bond acceptors (Lipinski definition) is 3. The summed E-state index contributed by atoms with van der Waals surface area (Å²) >= 11 is 1.81. The third-order valence-electron chi connectivity index (χ3n) is 2.25. The summed E-state index contributed by atoms with van der Waals surface area (Å²) in [6.45, 7) is 6.19. The van der Waals surface area contributed by atoms with Gasteiger partial charge in [-0.05, 0) is 6.26 Å². The first kappa shape index (κ1) is 11.7. The molecule has 5 heteroatoms. The second-order valence-electron chi connectivity index (χ2n) is 3.34. The van der Waals surface area contributed by atoms with Gasteiger partial charge in [0.1, 0.15) is 0 Å². The zero-order valence-electron chi connectivity index (χ0n) is 8.90. The highest BCUT2D eigenvalue weighted by molar-refractivity contribution is 7.99. The Morgan fingerprint density at radius 3 is 2.79 bits per heavy atom. The van der Waals surface area contributed by atoms with Crippen LogP contribution in [-0.2, 0) is 4.74 Å². The molecule has 2 N–H and O–H groups in total. The summed E-state index contributed by atoms with van der Waals surface area (Å²) in [6.07, 6.45) is 2.09. The predicted octanol–water partition coefficient (Wildman–Crippen LogP) is 0.385. The zero-order chi connectivity index (χ0) is 10.4. The Bertz CT molecular complexity index is 192. The molecule has 1 atom stereocenters. The maximum Gasteiger partial charge on any atom is 0.191 e. The highest BCUT2D eigenvalue weighted by Crippen LogP contribution is 2.05. The summed E-state index contributed by atoms with van der Waals surface area (Å²) < 4.78 is 5.24. The van der Waals surface area contributed by atoms with E-state index in [9.17, 15) is 0 Å².